The van der Waals surface area contributed by atoms with Gasteiger partial charge in [0.25, 0.3) is 125 Å². The third-order valence-electron chi connectivity index (χ3n) is 20.3. The Bertz CT molecular complexity index is 5620. The first-order valence-corrected chi connectivity index (χ1v) is 63.1. The van der Waals surface area contributed by atoms with E-state index >= 15 is 0 Å². The fourth-order valence-electron chi connectivity index (χ4n) is 13.4. The number of nitrogens with one attached hydrogen (secondary N) is 4. The Labute approximate surface area is 859 Å². The van der Waals surface area contributed by atoms with Gasteiger partial charge in [0.2, 0.25) is 23.0 Å². The van der Waals surface area contributed by atoms with E-state index < -0.39 is 221 Å². The fourth-order valence-corrected chi connectivity index (χ4v) is 18.2. The molecule has 0 unspecified atom stereocenters. The summed E-state index contributed by atoms with van der Waals surface area (Å²) in [5.41, 5.74) is -1.37. The molecule has 0 saturated heterocycles. The number of amides is 4. The van der Waals surface area contributed by atoms with E-state index in [1.54, 1.807) is 0 Å². The second-order valence-electron chi connectivity index (χ2n) is 33.5. The molecule has 51 nitrogen and oxygen atoms in total. The lowest BCUT2D eigenvalue weighted by Gasteiger charge is -2.34. The molecule has 61 heteroatoms. The van der Waals surface area contributed by atoms with E-state index in [0.29, 0.717) is 38.8 Å². The van der Waals surface area contributed by atoms with Crippen LogP contribution in [0.2, 0.25) is 0 Å². The van der Waals surface area contributed by atoms with Crippen molar-refractivity contribution in [3.05, 3.63) is 70.8 Å². The molecule has 0 spiro atoms. The zero-order chi connectivity index (χ0) is 110. The number of unbranched alkanes of at least 4 members (excludes halogenated alkanes) is 4. The van der Waals surface area contributed by atoms with Gasteiger partial charge in [0.1, 0.15) is 5.78 Å². The summed E-state index contributed by atoms with van der Waals surface area (Å²) in [7, 11) is -44.2. The highest BCUT2D eigenvalue weighted by Gasteiger charge is 2.34. The van der Waals surface area contributed by atoms with E-state index in [4.69, 9.17) is 65.9 Å². The van der Waals surface area contributed by atoms with E-state index in [-0.39, 0.29) is 271 Å². The topological polar surface area (TPSA) is 788 Å². The molecular formula is C86H138N4O47S10. The van der Waals surface area contributed by atoms with E-state index in [0.717, 1.165) is 49.9 Å². The smallest absolute Gasteiger partial charge is 0.264 e. The third-order valence-corrected chi connectivity index (χ3v) is 28.4. The van der Waals surface area contributed by atoms with Gasteiger partial charge in [0, 0.05) is 61.3 Å². The van der Waals surface area contributed by atoms with Crippen LogP contribution in [0.25, 0.3) is 0 Å². The molecule has 0 aromatic heterocycles. The standard InChI is InChI=1S/C65H103N3O37S8.C21H35NO10S2/c1-3-5-18-52(69)48-65(19-7-22-66-62(70)49-42-53(97-26-10-34-106(73,74)75)59(103-25-6-4-2)54(43-49)98-27-11-35-107(76,77)78,20-8-23-67-63(71)50-44-55(99-28-12-36-108(79,80)81)60(104-32-16-40-112(91,92)93)56(45-50)100-29-13-37-109(82,83)84)21-9-24-68-64(72)51-46-57(101-30-14-38-110(85,86)87)61(105-33-17-41-113(94,95)96)58(47-51)102-31-15-39-111(88,89)90;1-3-5-9-22-21(23)17-15-18(30-11-7-13-33(24,25)26)20(32-10-6-4-2)19(16-17)31-12-8-14-34(27,28)29/h42-47H,3-41,48H2,1-2H3,(H,66,70)(H,67,71)(H,68,72)(H,73,74,75)(H,76,77,78)(H,79,80,81)(H,82,83,84)(H,85,86,87)(H,88,89,90)(H,91,92,93)(H,94,95,96);15-16H,3-14H2,1-2H3,(H,22,23)(H,24,25,26)(H,27,28,29). The van der Waals surface area contributed by atoms with Crippen molar-refractivity contribution in [1.29, 1.82) is 0 Å². The van der Waals surface area contributed by atoms with Gasteiger partial charge in [0.15, 0.2) is 46.0 Å². The van der Waals surface area contributed by atoms with Crippen LogP contribution in [0, 0.1) is 5.41 Å². The summed E-state index contributed by atoms with van der Waals surface area (Å²) in [6, 6.07) is 10.1. The van der Waals surface area contributed by atoms with Crippen molar-refractivity contribution in [2.24, 2.45) is 5.41 Å². The minimum atomic E-state index is -4.51. The molecule has 0 saturated carbocycles. The second kappa shape index (κ2) is 66.1. The maximum Gasteiger partial charge on any atom is 0.264 e. The van der Waals surface area contributed by atoms with Crippen LogP contribution in [0.3, 0.4) is 0 Å². The summed E-state index contributed by atoms with van der Waals surface area (Å²) in [6.45, 7) is 4.69. The summed E-state index contributed by atoms with van der Waals surface area (Å²) < 4.78 is 392. The van der Waals surface area contributed by atoms with Gasteiger partial charge in [-0.25, -0.2) is 0 Å². The number of hydrogen-bond donors (Lipinski definition) is 14. The predicted octanol–water partition coefficient (Wildman–Crippen LogP) is 7.89. The van der Waals surface area contributed by atoms with Gasteiger partial charge in [-0.15, -0.1) is 0 Å². The normalized spacial score (nSPS) is 12.3. The molecule has 14 N–H and O–H groups in total. The molecule has 4 aromatic rings. The lowest BCUT2D eigenvalue weighted by molar-refractivity contribution is -0.122. The van der Waals surface area contributed by atoms with Gasteiger partial charge in [-0.05, 0) is 182 Å². The van der Waals surface area contributed by atoms with Crippen LogP contribution in [0.15, 0.2) is 48.5 Å². The Morgan fingerprint density at radius 2 is 0.381 bits per heavy atom. The Morgan fingerprint density at radius 1 is 0.224 bits per heavy atom. The molecule has 0 aliphatic carbocycles. The summed E-state index contributed by atoms with van der Waals surface area (Å²) in [5, 5.41) is 11.2. The molecule has 0 radical (unpaired) electrons. The van der Waals surface area contributed by atoms with Crippen LogP contribution in [-0.2, 0) is 106 Å². The quantitative estimate of drug-likeness (QED) is 0.0147. The number of Topliss-reactive ketones (excluding diaryl/α,β-unsaturated/α-hetero) is 1. The number of carbonyl (C=O) groups excluding carboxylic acids is 5. The molecule has 0 fully saturated rings. The van der Waals surface area contributed by atoms with Crippen molar-refractivity contribution >= 4 is 131 Å². The average molecular weight is 2300 g/mol. The molecule has 0 atom stereocenters. The monoisotopic (exact) mass is 2300 g/mol. The van der Waals surface area contributed by atoms with Gasteiger partial charge >= 0.3 is 0 Å². The number of carbonyl (C=O) groups is 5. The zero-order valence-electron chi connectivity index (χ0n) is 82.0. The third kappa shape index (κ3) is 63.1. The second-order valence-corrected chi connectivity index (χ2v) is 49.2. The minimum absolute atomic E-state index is 0.00467. The van der Waals surface area contributed by atoms with Gasteiger partial charge < -0.3 is 78.1 Å². The van der Waals surface area contributed by atoms with E-state index in [1.165, 1.54) is 24.3 Å². The Balaban J connectivity index is 0.00000137. The Hall–Kier alpha value is -8.87. The van der Waals surface area contributed by atoms with Crippen LogP contribution < -0.4 is 78.1 Å². The zero-order valence-corrected chi connectivity index (χ0v) is 90.2. The molecule has 147 heavy (non-hydrogen) atoms. The largest absolute Gasteiger partial charge is 0.489 e. The van der Waals surface area contributed by atoms with Crippen molar-refractivity contribution in [2.75, 3.05) is 163 Å². The maximum absolute atomic E-state index is 14.3. The molecule has 0 bridgehead atoms. The molecule has 4 rings (SSSR count). The van der Waals surface area contributed by atoms with Crippen LogP contribution in [0.1, 0.15) is 236 Å². The van der Waals surface area contributed by atoms with Crippen molar-refractivity contribution in [3.63, 3.8) is 0 Å². The first kappa shape index (κ1) is 132. The van der Waals surface area contributed by atoms with E-state index in [2.05, 4.69) is 21.3 Å². The Kier molecular flexibility index (Phi) is 59.4. The molecule has 844 valence electrons. The van der Waals surface area contributed by atoms with Crippen molar-refractivity contribution in [3.8, 4) is 69.0 Å². The van der Waals surface area contributed by atoms with Gasteiger partial charge in [0.05, 0.1) is 137 Å². The van der Waals surface area contributed by atoms with E-state index in [9.17, 15) is 145 Å². The van der Waals surface area contributed by atoms with Crippen LogP contribution in [-0.4, -0.2) is 322 Å². The number of hydrogen-bond acceptors (Lipinski definition) is 37. The molecule has 0 aliphatic heterocycles. The van der Waals surface area contributed by atoms with Gasteiger partial charge in [-0.3, -0.25) is 69.5 Å². The van der Waals surface area contributed by atoms with Crippen molar-refractivity contribution in [2.45, 2.75) is 195 Å². The van der Waals surface area contributed by atoms with Crippen LogP contribution in [0.5, 0.6) is 69.0 Å². The molecule has 0 heterocycles. The summed E-state index contributed by atoms with van der Waals surface area (Å²) in [5.74, 6) is -11.6. The summed E-state index contributed by atoms with van der Waals surface area (Å²) in [6.07, 6.45) is 3.89. The minimum Gasteiger partial charge on any atom is -0.489 e. The highest BCUT2D eigenvalue weighted by molar-refractivity contribution is 7.87. The van der Waals surface area contributed by atoms with Gasteiger partial charge in [-0.1, -0.05) is 53.4 Å². The van der Waals surface area contributed by atoms with Crippen molar-refractivity contribution < 1.29 is 211 Å². The SMILES string of the molecule is CCCCNC(=O)c1cc(OCCCS(=O)(=O)O)c(OCCCC)c(OCCCS(=O)(=O)O)c1.CCCCOc1c(OCCCS(=O)(=O)O)cc(C(=O)NCCCC(CCCNC(=O)c2cc(OCCCS(=O)(=O)O)c(OCCCS(=O)(=O)O)c(OCCCS(=O)(=O)O)c2)(CCCNC(=O)c2cc(OCCCS(=O)(=O)O)c(OCCCS(=O)(=O)O)c(OCCCS(=O)(=O)O)c2)CC(=O)CCCC)cc1OCCCS(=O)(=O)O. The molecular weight excluding hydrogens is 2160 g/mol. The van der Waals surface area contributed by atoms with Gasteiger partial charge in [-0.2, -0.15) is 84.2 Å². The number of benzene rings is 4. The summed E-state index contributed by atoms with van der Waals surface area (Å²) in [4.78, 5) is 69.8. The maximum atomic E-state index is 14.3. The van der Waals surface area contributed by atoms with Crippen LogP contribution >= 0.6 is 0 Å². The lowest BCUT2D eigenvalue weighted by atomic mass is 9.71. The highest BCUT2D eigenvalue weighted by Crippen LogP contribution is 2.45. The predicted molar refractivity (Wildman–Crippen MR) is 535 cm³/mol. The lowest BCUT2D eigenvalue weighted by Crippen LogP contribution is -2.32. The van der Waals surface area contributed by atoms with Crippen LogP contribution in [0.4, 0.5) is 0 Å². The molecule has 4 amide bonds. The molecule has 4 aromatic carbocycles. The number of rotatable bonds is 82. The Morgan fingerprint density at radius 3 is 0.544 bits per heavy atom. The first-order valence-electron chi connectivity index (χ1n) is 47.0. The highest BCUT2D eigenvalue weighted by atomic mass is 32.3. The summed E-state index contributed by atoms with van der Waals surface area (Å²) >= 11 is 0. The van der Waals surface area contributed by atoms with Crippen molar-refractivity contribution in [1.82, 2.24) is 21.3 Å². The first-order chi connectivity index (χ1) is 68.5. The number of ketones is 1. The average Bonchev–Trinajstić information content (AvgIpc) is 0.824. The fraction of sp³-hybridized carbons (Fsp3) is 0.663. The van der Waals surface area contributed by atoms with E-state index in [1.807, 2.05) is 27.7 Å². The molecule has 0 aliphatic rings. The number of ether oxygens (including phenoxy) is 12.